The van der Waals surface area contributed by atoms with Crippen molar-refractivity contribution in [3.8, 4) is 11.5 Å². The Morgan fingerprint density at radius 3 is 2.79 bits per heavy atom. The molecular formula is C22H21NO5. The molecule has 0 saturated heterocycles. The first-order valence-corrected chi connectivity index (χ1v) is 9.26. The van der Waals surface area contributed by atoms with Gasteiger partial charge in [-0.25, -0.2) is 4.79 Å². The lowest BCUT2D eigenvalue weighted by molar-refractivity contribution is -0.143. The molecule has 2 heterocycles. The van der Waals surface area contributed by atoms with E-state index in [1.807, 2.05) is 37.3 Å². The summed E-state index contributed by atoms with van der Waals surface area (Å²) in [5, 5.41) is 0. The zero-order valence-electron chi connectivity index (χ0n) is 15.6. The van der Waals surface area contributed by atoms with Crippen molar-refractivity contribution in [2.45, 2.75) is 19.4 Å². The molecule has 144 valence electrons. The number of benzene rings is 2. The third kappa shape index (κ3) is 3.71. The fraction of sp³-hybridized carbons (Fsp3) is 0.273. The van der Waals surface area contributed by atoms with Crippen molar-refractivity contribution in [3.63, 3.8) is 0 Å². The van der Waals surface area contributed by atoms with Crippen molar-refractivity contribution >= 4 is 23.6 Å². The third-order valence-corrected chi connectivity index (χ3v) is 4.79. The van der Waals surface area contributed by atoms with Crippen molar-refractivity contribution in [3.05, 3.63) is 59.7 Å². The van der Waals surface area contributed by atoms with E-state index in [9.17, 15) is 9.59 Å². The fourth-order valence-corrected chi connectivity index (χ4v) is 3.52. The molecule has 1 atom stereocenters. The van der Waals surface area contributed by atoms with Crippen LogP contribution in [0.3, 0.4) is 0 Å². The second kappa shape index (κ2) is 7.76. The van der Waals surface area contributed by atoms with Crippen molar-refractivity contribution in [2.24, 2.45) is 0 Å². The summed E-state index contributed by atoms with van der Waals surface area (Å²) in [6.45, 7) is 2.73. The van der Waals surface area contributed by atoms with Crippen LogP contribution in [-0.4, -0.2) is 37.7 Å². The summed E-state index contributed by atoms with van der Waals surface area (Å²) in [6, 6.07) is 13.3. The fourth-order valence-electron chi connectivity index (χ4n) is 3.52. The van der Waals surface area contributed by atoms with Crippen LogP contribution < -0.4 is 14.4 Å². The van der Waals surface area contributed by atoms with Gasteiger partial charge < -0.3 is 19.1 Å². The number of nitrogens with zero attached hydrogens (tertiary/aromatic N) is 1. The third-order valence-electron chi connectivity index (χ3n) is 4.79. The van der Waals surface area contributed by atoms with E-state index in [0.717, 1.165) is 23.2 Å². The first-order chi connectivity index (χ1) is 13.6. The molecule has 0 spiro atoms. The summed E-state index contributed by atoms with van der Waals surface area (Å²) in [5.41, 5.74) is 2.81. The number of anilines is 1. The highest BCUT2D eigenvalue weighted by molar-refractivity contribution is 5.98. The molecule has 4 rings (SSSR count). The van der Waals surface area contributed by atoms with Crippen LogP contribution in [-0.2, 0) is 20.7 Å². The maximum Gasteiger partial charge on any atom is 0.331 e. The quantitative estimate of drug-likeness (QED) is 0.604. The molecule has 1 amide bonds. The molecule has 0 N–H and O–H groups in total. The Balaban J connectivity index is 1.34. The number of ether oxygens (including phenoxy) is 3. The normalized spacial score (nSPS) is 17.5. The van der Waals surface area contributed by atoms with Crippen molar-refractivity contribution in [1.29, 1.82) is 0 Å². The molecule has 28 heavy (non-hydrogen) atoms. The van der Waals surface area contributed by atoms with Crippen LogP contribution >= 0.6 is 0 Å². The standard InChI is InChI=1S/C22H21NO5/c1-15-12-17-4-2-3-5-18(17)23(15)21(24)14-28-22(25)9-7-16-6-8-19-20(13-16)27-11-10-26-19/h2-9,13,15H,10-12,14H2,1H3/b9-7+/t15-/m1/s1. The molecule has 0 aromatic heterocycles. The van der Waals surface area contributed by atoms with E-state index in [-0.39, 0.29) is 18.6 Å². The van der Waals surface area contributed by atoms with Gasteiger partial charge in [0, 0.05) is 17.8 Å². The van der Waals surface area contributed by atoms with Crippen LogP contribution in [0.2, 0.25) is 0 Å². The summed E-state index contributed by atoms with van der Waals surface area (Å²) in [6.07, 6.45) is 3.73. The maximum absolute atomic E-state index is 12.6. The minimum absolute atomic E-state index is 0.0526. The van der Waals surface area contributed by atoms with E-state index in [1.54, 1.807) is 23.1 Å². The molecule has 0 radical (unpaired) electrons. The highest BCUT2D eigenvalue weighted by Crippen LogP contribution is 2.32. The van der Waals surface area contributed by atoms with Crippen LogP contribution in [0.4, 0.5) is 5.69 Å². The first kappa shape index (κ1) is 18.1. The summed E-state index contributed by atoms with van der Waals surface area (Å²) in [4.78, 5) is 26.3. The molecule has 2 aliphatic heterocycles. The Kier molecular flexibility index (Phi) is 5.02. The Hall–Kier alpha value is -3.28. The second-order valence-electron chi connectivity index (χ2n) is 6.79. The number of hydrogen-bond acceptors (Lipinski definition) is 5. The van der Waals surface area contributed by atoms with Gasteiger partial charge in [0.15, 0.2) is 18.1 Å². The number of para-hydroxylation sites is 1. The number of rotatable bonds is 4. The molecule has 0 fully saturated rings. The van der Waals surface area contributed by atoms with Gasteiger partial charge in [0.1, 0.15) is 13.2 Å². The van der Waals surface area contributed by atoms with Gasteiger partial charge in [-0.05, 0) is 48.7 Å². The number of esters is 1. The van der Waals surface area contributed by atoms with Crippen molar-refractivity contribution < 1.29 is 23.8 Å². The van der Waals surface area contributed by atoms with E-state index in [0.29, 0.717) is 24.7 Å². The largest absolute Gasteiger partial charge is 0.486 e. The molecule has 0 aliphatic carbocycles. The van der Waals surface area contributed by atoms with Crippen molar-refractivity contribution in [1.82, 2.24) is 0 Å². The maximum atomic E-state index is 12.6. The monoisotopic (exact) mass is 379 g/mol. The minimum atomic E-state index is -0.566. The zero-order chi connectivity index (χ0) is 19.5. The lowest BCUT2D eigenvalue weighted by atomic mass is 10.1. The summed E-state index contributed by atoms with van der Waals surface area (Å²) in [7, 11) is 0. The average molecular weight is 379 g/mol. The smallest absolute Gasteiger partial charge is 0.331 e. The van der Waals surface area contributed by atoms with Gasteiger partial charge in [0.05, 0.1) is 0 Å². The number of amides is 1. The first-order valence-electron chi connectivity index (χ1n) is 9.26. The lowest BCUT2D eigenvalue weighted by Crippen LogP contribution is -2.38. The van der Waals surface area contributed by atoms with Gasteiger partial charge in [0.25, 0.3) is 5.91 Å². The summed E-state index contributed by atoms with van der Waals surface area (Å²) in [5.74, 6) is 0.553. The van der Waals surface area contributed by atoms with Gasteiger partial charge in [-0.1, -0.05) is 24.3 Å². The molecule has 6 heteroatoms. The van der Waals surface area contributed by atoms with Crippen LogP contribution in [0.15, 0.2) is 48.5 Å². The molecule has 6 nitrogen and oxygen atoms in total. The Morgan fingerprint density at radius 2 is 1.93 bits per heavy atom. The van der Waals surface area contributed by atoms with Gasteiger partial charge in [-0.15, -0.1) is 0 Å². The number of carbonyl (C=O) groups excluding carboxylic acids is 2. The van der Waals surface area contributed by atoms with Gasteiger partial charge in [0.2, 0.25) is 0 Å². The number of fused-ring (bicyclic) bond motifs is 2. The van der Waals surface area contributed by atoms with E-state index < -0.39 is 5.97 Å². The molecule has 0 bridgehead atoms. The van der Waals surface area contributed by atoms with Crippen LogP contribution in [0.1, 0.15) is 18.1 Å². The van der Waals surface area contributed by atoms with E-state index in [1.165, 1.54) is 6.08 Å². The topological polar surface area (TPSA) is 65.1 Å². The average Bonchev–Trinajstić information content (AvgIpc) is 3.06. The SMILES string of the molecule is C[C@@H]1Cc2ccccc2N1C(=O)COC(=O)/C=C/c1ccc2c(c1)OCCO2. The molecule has 2 aromatic rings. The van der Waals surface area contributed by atoms with Crippen LogP contribution in [0.5, 0.6) is 11.5 Å². The minimum Gasteiger partial charge on any atom is -0.486 e. The van der Waals surface area contributed by atoms with Crippen LogP contribution in [0.25, 0.3) is 6.08 Å². The number of carbonyl (C=O) groups is 2. The number of hydrogen-bond donors (Lipinski definition) is 0. The predicted octanol–water partition coefficient (Wildman–Crippen LogP) is 2.99. The molecule has 2 aliphatic rings. The Labute approximate surface area is 163 Å². The Bertz CT molecular complexity index is 936. The molecular weight excluding hydrogens is 358 g/mol. The molecule has 0 saturated carbocycles. The van der Waals surface area contributed by atoms with E-state index in [2.05, 4.69) is 0 Å². The van der Waals surface area contributed by atoms with E-state index in [4.69, 9.17) is 14.2 Å². The predicted molar refractivity (Wildman–Crippen MR) is 105 cm³/mol. The van der Waals surface area contributed by atoms with Crippen LogP contribution in [0, 0.1) is 0 Å². The Morgan fingerprint density at radius 1 is 1.14 bits per heavy atom. The molecule has 0 unspecified atom stereocenters. The van der Waals surface area contributed by atoms with Gasteiger partial charge >= 0.3 is 5.97 Å². The van der Waals surface area contributed by atoms with Gasteiger partial charge in [-0.3, -0.25) is 4.79 Å². The zero-order valence-corrected chi connectivity index (χ0v) is 15.6. The summed E-state index contributed by atoms with van der Waals surface area (Å²) >= 11 is 0. The van der Waals surface area contributed by atoms with Crippen molar-refractivity contribution in [2.75, 3.05) is 24.7 Å². The van der Waals surface area contributed by atoms with E-state index >= 15 is 0 Å². The van der Waals surface area contributed by atoms with Gasteiger partial charge in [-0.2, -0.15) is 0 Å². The lowest BCUT2D eigenvalue weighted by Gasteiger charge is -2.22. The highest BCUT2D eigenvalue weighted by Gasteiger charge is 2.30. The highest BCUT2D eigenvalue weighted by atomic mass is 16.6. The summed E-state index contributed by atoms with van der Waals surface area (Å²) < 4.78 is 16.1. The second-order valence-corrected chi connectivity index (χ2v) is 6.79. The molecule has 2 aromatic carbocycles.